The fourth-order valence-corrected chi connectivity index (χ4v) is 5.41. The number of benzene rings is 1. The molecule has 5 rings (SSSR count). The first-order valence-electron chi connectivity index (χ1n) is 10.9. The second-order valence-electron chi connectivity index (χ2n) is 8.82. The van der Waals surface area contributed by atoms with Crippen LogP contribution in [0.1, 0.15) is 19.0 Å². The Labute approximate surface area is 191 Å². The topological polar surface area (TPSA) is 42.9 Å². The summed E-state index contributed by atoms with van der Waals surface area (Å²) in [5.74, 6) is -2.92. The van der Waals surface area contributed by atoms with Crippen molar-refractivity contribution in [1.29, 1.82) is 0 Å². The highest BCUT2D eigenvalue weighted by Gasteiger charge is 2.57. The minimum absolute atomic E-state index is 0.00914. The molecule has 1 saturated heterocycles. The monoisotopic (exact) mass is 459 g/mol. The number of piperazine rings is 1. The zero-order valence-corrected chi connectivity index (χ0v) is 19.1. The molecule has 1 amide bonds. The lowest BCUT2D eigenvalue weighted by Gasteiger charge is -2.33. The molecule has 1 saturated carbocycles. The number of hydrogen-bond donors (Lipinski definition) is 0. The van der Waals surface area contributed by atoms with Gasteiger partial charge in [-0.05, 0) is 35.4 Å². The average molecular weight is 460 g/mol. The maximum absolute atomic E-state index is 13.4. The van der Waals surface area contributed by atoms with Crippen LogP contribution in [0.25, 0.3) is 11.1 Å². The smallest absolute Gasteiger partial charge is 0.253 e. The van der Waals surface area contributed by atoms with Crippen LogP contribution in [-0.4, -0.2) is 66.4 Å². The van der Waals surface area contributed by atoms with Crippen LogP contribution in [-0.2, 0) is 11.3 Å². The van der Waals surface area contributed by atoms with Gasteiger partial charge in [-0.15, -0.1) is 0 Å². The molecule has 1 atom stereocenters. The molecule has 3 aliphatic rings. The van der Waals surface area contributed by atoms with Gasteiger partial charge in [0, 0.05) is 71.8 Å². The number of alkyl halides is 2. The van der Waals surface area contributed by atoms with Crippen molar-refractivity contribution in [3.63, 3.8) is 0 Å². The van der Waals surface area contributed by atoms with Crippen molar-refractivity contribution >= 4 is 29.4 Å². The van der Waals surface area contributed by atoms with Crippen LogP contribution in [0.2, 0.25) is 0 Å². The first kappa shape index (κ1) is 21.5. The lowest BCUT2D eigenvalue weighted by molar-refractivity contribution is -0.130. The fraction of sp³-hybridized carbons (Fsp3) is 0.478. The van der Waals surface area contributed by atoms with Crippen LogP contribution in [0.15, 0.2) is 36.5 Å². The van der Waals surface area contributed by atoms with E-state index in [9.17, 15) is 13.6 Å². The lowest BCUT2D eigenvalue weighted by atomic mass is 10.0. The van der Waals surface area contributed by atoms with E-state index in [-0.39, 0.29) is 12.3 Å². The molecule has 170 valence electrons. The Balaban J connectivity index is 1.29. The second kappa shape index (κ2) is 8.19. The van der Waals surface area contributed by atoms with Crippen LogP contribution in [0.4, 0.5) is 20.2 Å². The summed E-state index contributed by atoms with van der Waals surface area (Å²) in [6, 6.07) is 10.3. The van der Waals surface area contributed by atoms with Crippen molar-refractivity contribution in [2.24, 2.45) is 5.92 Å². The number of aromatic nitrogens is 1. The largest absolute Gasteiger partial charge is 0.340 e. The second-order valence-corrected chi connectivity index (χ2v) is 9.98. The Morgan fingerprint density at radius 3 is 2.53 bits per heavy atom. The number of carbonyl (C=O) groups excluding carboxylic acids is 1. The Kier molecular flexibility index (Phi) is 5.49. The van der Waals surface area contributed by atoms with E-state index in [1.54, 1.807) is 6.92 Å². The van der Waals surface area contributed by atoms with E-state index >= 15 is 0 Å². The van der Waals surface area contributed by atoms with Gasteiger partial charge in [-0.2, -0.15) is 0 Å². The van der Waals surface area contributed by atoms with Crippen LogP contribution in [0.5, 0.6) is 0 Å². The van der Waals surface area contributed by atoms with Gasteiger partial charge < -0.3 is 4.90 Å². The van der Waals surface area contributed by atoms with Gasteiger partial charge in [0.2, 0.25) is 5.91 Å². The zero-order chi connectivity index (χ0) is 22.5. The van der Waals surface area contributed by atoms with Gasteiger partial charge in [0.15, 0.2) is 0 Å². The molecule has 0 N–H and O–H groups in total. The number of halogens is 2. The molecule has 0 radical (unpaired) electrons. The number of amides is 1. The minimum atomic E-state index is -2.51. The molecule has 32 heavy (non-hydrogen) atoms. The van der Waals surface area contributed by atoms with Crippen LogP contribution < -0.4 is 8.61 Å². The number of fused-ring (bicyclic) bond motifs is 1. The maximum Gasteiger partial charge on any atom is 0.253 e. The predicted molar refractivity (Wildman–Crippen MR) is 124 cm³/mol. The van der Waals surface area contributed by atoms with Gasteiger partial charge >= 0.3 is 0 Å². The van der Waals surface area contributed by atoms with Crippen LogP contribution >= 0.6 is 12.1 Å². The molecule has 2 aromatic rings. The van der Waals surface area contributed by atoms with Crippen molar-refractivity contribution in [2.45, 2.75) is 25.8 Å². The van der Waals surface area contributed by atoms with E-state index in [2.05, 4.69) is 28.1 Å². The third kappa shape index (κ3) is 4.28. The minimum Gasteiger partial charge on any atom is -0.340 e. The molecular formula is C23H27F2N5OS. The molecule has 1 unspecified atom stereocenters. The molecular weight excluding hydrogens is 432 g/mol. The Bertz CT molecular complexity index is 1030. The van der Waals surface area contributed by atoms with Crippen molar-refractivity contribution in [3.05, 3.63) is 42.2 Å². The standard InChI is InChI=1S/C23H27F2N5OS/c1-16(31)29-9-7-28(8-10-29)15-20-11-18(5-6-26-20)17-3-4-21-22(12-17)27(2)32-30(21)14-19-13-23(19,24)25/h3-6,11-12,19H,7-10,13-15H2,1-2H3. The fourth-order valence-electron chi connectivity index (χ4n) is 4.40. The number of hydrogen-bond acceptors (Lipinski definition) is 6. The van der Waals surface area contributed by atoms with E-state index < -0.39 is 11.8 Å². The molecule has 2 aliphatic heterocycles. The Hall–Kier alpha value is -2.39. The first-order chi connectivity index (χ1) is 15.3. The predicted octanol–water partition coefficient (Wildman–Crippen LogP) is 3.89. The highest BCUT2D eigenvalue weighted by molar-refractivity contribution is 8.02. The molecule has 0 spiro atoms. The van der Waals surface area contributed by atoms with Crippen molar-refractivity contribution in [2.75, 3.05) is 48.4 Å². The van der Waals surface area contributed by atoms with E-state index in [0.717, 1.165) is 60.9 Å². The van der Waals surface area contributed by atoms with E-state index in [0.29, 0.717) is 6.54 Å². The summed E-state index contributed by atoms with van der Waals surface area (Å²) in [6.45, 7) is 5.95. The summed E-state index contributed by atoms with van der Waals surface area (Å²) in [6.07, 6.45) is 1.83. The normalized spacial score (nSPS) is 22.2. The molecule has 6 nitrogen and oxygen atoms in total. The van der Waals surface area contributed by atoms with Crippen molar-refractivity contribution < 1.29 is 13.6 Å². The van der Waals surface area contributed by atoms with Gasteiger partial charge in [0.1, 0.15) is 0 Å². The molecule has 2 fully saturated rings. The van der Waals surface area contributed by atoms with Crippen molar-refractivity contribution in [3.8, 4) is 11.1 Å². The molecule has 1 aromatic carbocycles. The summed E-state index contributed by atoms with van der Waals surface area (Å²) in [7, 11) is 1.97. The average Bonchev–Trinajstić information content (AvgIpc) is 3.25. The number of pyridine rings is 1. The third-order valence-corrected chi connectivity index (χ3v) is 7.48. The van der Waals surface area contributed by atoms with Gasteiger partial charge in [0.25, 0.3) is 5.92 Å². The number of nitrogens with zero attached hydrogens (tertiary/aromatic N) is 5. The summed E-state index contributed by atoms with van der Waals surface area (Å²) >= 11 is 1.48. The van der Waals surface area contributed by atoms with Crippen LogP contribution in [0.3, 0.4) is 0 Å². The third-order valence-electron chi connectivity index (χ3n) is 6.50. The summed E-state index contributed by atoms with van der Waals surface area (Å²) < 4.78 is 30.8. The number of anilines is 2. The Morgan fingerprint density at radius 1 is 1.12 bits per heavy atom. The SMILES string of the molecule is CC(=O)N1CCN(Cc2cc(-c3ccc4c(c3)N(C)SN4CC3CC3(F)F)ccn2)CC1. The summed E-state index contributed by atoms with van der Waals surface area (Å²) in [5, 5.41) is 0. The first-order valence-corrected chi connectivity index (χ1v) is 11.7. The van der Waals surface area contributed by atoms with Gasteiger partial charge in [-0.3, -0.25) is 23.3 Å². The molecule has 1 aliphatic carbocycles. The highest BCUT2D eigenvalue weighted by atomic mass is 32.2. The van der Waals surface area contributed by atoms with E-state index in [1.165, 1.54) is 12.1 Å². The van der Waals surface area contributed by atoms with Gasteiger partial charge in [-0.25, -0.2) is 8.78 Å². The molecule has 0 bridgehead atoms. The number of rotatable bonds is 5. The Morgan fingerprint density at radius 2 is 1.84 bits per heavy atom. The van der Waals surface area contributed by atoms with E-state index in [4.69, 9.17) is 0 Å². The zero-order valence-electron chi connectivity index (χ0n) is 18.3. The molecule has 1 aromatic heterocycles. The molecule has 3 heterocycles. The van der Waals surface area contributed by atoms with Crippen LogP contribution in [0, 0.1) is 5.92 Å². The van der Waals surface area contributed by atoms with Gasteiger partial charge in [0.05, 0.1) is 29.2 Å². The van der Waals surface area contributed by atoms with Gasteiger partial charge in [-0.1, -0.05) is 6.07 Å². The lowest BCUT2D eigenvalue weighted by Crippen LogP contribution is -2.47. The summed E-state index contributed by atoms with van der Waals surface area (Å²) in [5.41, 5.74) is 5.20. The summed E-state index contributed by atoms with van der Waals surface area (Å²) in [4.78, 5) is 20.3. The van der Waals surface area contributed by atoms with Crippen molar-refractivity contribution in [1.82, 2.24) is 14.8 Å². The quantitative estimate of drug-likeness (QED) is 0.632. The highest BCUT2D eigenvalue weighted by Crippen LogP contribution is 2.53. The van der Waals surface area contributed by atoms with E-state index in [1.807, 2.05) is 38.9 Å². The molecule has 9 heteroatoms. The number of carbonyl (C=O) groups is 1. The maximum atomic E-state index is 13.4.